The Balaban J connectivity index is 1.77. The smallest absolute Gasteiger partial charge is 0.119 e. The summed E-state index contributed by atoms with van der Waals surface area (Å²) < 4.78 is 11.3. The number of hydrogen-bond donors (Lipinski definition) is 2. The minimum atomic E-state index is -1.37. The van der Waals surface area contributed by atoms with Gasteiger partial charge in [-0.3, -0.25) is 0 Å². The fourth-order valence-corrected chi connectivity index (χ4v) is 6.50. The average Bonchev–Trinajstić information content (AvgIpc) is 2.87. The SMILES string of the molecule is COc1ccc2c(c1)CC[C@@H]1[C@@H]2[C@@H](OC)C[C@@]2(C)[C@H]1C[C@@H](O)[C@@]2(O)CC#N. The molecule has 1 aromatic carbocycles. The first-order chi connectivity index (χ1) is 12.9. The fraction of sp³-hybridized carbons (Fsp3) is 0.682. The zero-order valence-electron chi connectivity index (χ0n) is 16.3. The van der Waals surface area contributed by atoms with Crippen molar-refractivity contribution < 1.29 is 19.7 Å². The minimum Gasteiger partial charge on any atom is -0.497 e. The van der Waals surface area contributed by atoms with Crippen LogP contribution in [0.2, 0.25) is 0 Å². The highest BCUT2D eigenvalue weighted by Crippen LogP contribution is 2.65. The van der Waals surface area contributed by atoms with Crippen LogP contribution in [-0.4, -0.2) is 42.2 Å². The van der Waals surface area contributed by atoms with Gasteiger partial charge in [0.05, 0.1) is 31.8 Å². The molecule has 27 heavy (non-hydrogen) atoms. The van der Waals surface area contributed by atoms with Gasteiger partial charge in [-0.2, -0.15) is 5.26 Å². The molecular formula is C22H29NO4. The molecule has 7 atom stereocenters. The Morgan fingerprint density at radius 1 is 1.33 bits per heavy atom. The standard InChI is InChI=1S/C22H29NO4/c1-21-12-18(27-3)20-15-7-5-14(26-2)10-13(15)4-6-16(20)17(21)11-19(24)22(21,25)8-9-23/h5,7,10,16-20,24-25H,4,6,8,11-12H2,1-3H3/t16-,17-,18-,19+,20+,21-,22-/m0/s1. The number of rotatable bonds is 3. The van der Waals surface area contributed by atoms with E-state index in [9.17, 15) is 15.5 Å². The summed E-state index contributed by atoms with van der Waals surface area (Å²) in [5.41, 5.74) is 0.737. The molecule has 0 heterocycles. The van der Waals surface area contributed by atoms with Crippen molar-refractivity contribution in [2.75, 3.05) is 14.2 Å². The number of ether oxygens (including phenoxy) is 2. The second-order valence-corrected chi connectivity index (χ2v) is 8.81. The van der Waals surface area contributed by atoms with Crippen molar-refractivity contribution >= 4 is 0 Å². The zero-order valence-corrected chi connectivity index (χ0v) is 16.3. The Morgan fingerprint density at radius 3 is 2.78 bits per heavy atom. The number of fused-ring (bicyclic) bond motifs is 5. The highest BCUT2D eigenvalue weighted by Gasteiger charge is 2.67. The molecule has 0 amide bonds. The number of aryl methyl sites for hydroxylation is 1. The van der Waals surface area contributed by atoms with Crippen molar-refractivity contribution in [1.82, 2.24) is 0 Å². The molecule has 2 fully saturated rings. The predicted molar refractivity (Wildman–Crippen MR) is 100 cm³/mol. The van der Waals surface area contributed by atoms with Gasteiger partial charge in [-0.25, -0.2) is 0 Å². The third-order valence-corrected chi connectivity index (χ3v) is 7.95. The van der Waals surface area contributed by atoms with Gasteiger partial charge in [0.15, 0.2) is 0 Å². The van der Waals surface area contributed by atoms with Gasteiger partial charge in [-0.05, 0) is 60.8 Å². The molecule has 2 N–H and O–H groups in total. The molecule has 0 unspecified atom stereocenters. The van der Waals surface area contributed by atoms with Gasteiger partial charge >= 0.3 is 0 Å². The molecule has 2 saturated carbocycles. The number of nitriles is 1. The molecular weight excluding hydrogens is 342 g/mol. The van der Waals surface area contributed by atoms with Crippen molar-refractivity contribution in [1.29, 1.82) is 5.26 Å². The maximum Gasteiger partial charge on any atom is 0.119 e. The van der Waals surface area contributed by atoms with Gasteiger partial charge in [-0.1, -0.05) is 13.0 Å². The Morgan fingerprint density at radius 2 is 2.11 bits per heavy atom. The van der Waals surface area contributed by atoms with E-state index in [1.54, 1.807) is 14.2 Å². The lowest BCUT2D eigenvalue weighted by Crippen LogP contribution is -2.57. The molecule has 3 aliphatic rings. The molecule has 5 nitrogen and oxygen atoms in total. The zero-order chi connectivity index (χ0) is 19.4. The Bertz CT molecular complexity index is 774. The van der Waals surface area contributed by atoms with Crippen molar-refractivity contribution in [2.45, 2.75) is 62.8 Å². The van der Waals surface area contributed by atoms with Crippen LogP contribution < -0.4 is 4.74 Å². The molecule has 0 aromatic heterocycles. The van der Waals surface area contributed by atoms with E-state index in [-0.39, 0.29) is 24.4 Å². The summed E-state index contributed by atoms with van der Waals surface area (Å²) in [7, 11) is 3.42. The van der Waals surface area contributed by atoms with Crippen LogP contribution in [0.25, 0.3) is 0 Å². The lowest BCUT2D eigenvalue weighted by molar-refractivity contribution is -0.162. The highest BCUT2D eigenvalue weighted by molar-refractivity contribution is 5.42. The summed E-state index contributed by atoms with van der Waals surface area (Å²) in [4.78, 5) is 0. The van der Waals surface area contributed by atoms with Gasteiger partial charge < -0.3 is 19.7 Å². The minimum absolute atomic E-state index is 0.0389. The second-order valence-electron chi connectivity index (χ2n) is 8.81. The Labute approximate surface area is 160 Å². The third kappa shape index (κ3) is 2.47. The second kappa shape index (κ2) is 6.48. The predicted octanol–water partition coefficient (Wildman–Crippen LogP) is 2.79. The van der Waals surface area contributed by atoms with Crippen LogP contribution >= 0.6 is 0 Å². The van der Waals surface area contributed by atoms with E-state index in [1.807, 2.05) is 6.07 Å². The van der Waals surface area contributed by atoms with Crippen molar-refractivity contribution in [3.05, 3.63) is 29.3 Å². The van der Waals surface area contributed by atoms with E-state index in [4.69, 9.17) is 9.47 Å². The molecule has 0 aliphatic heterocycles. The summed E-state index contributed by atoms with van der Waals surface area (Å²) >= 11 is 0. The number of hydrogen-bond acceptors (Lipinski definition) is 5. The van der Waals surface area contributed by atoms with E-state index in [2.05, 4.69) is 25.1 Å². The maximum atomic E-state index is 11.3. The summed E-state index contributed by atoms with van der Waals surface area (Å²) in [6.07, 6.45) is 2.22. The van der Waals surface area contributed by atoms with Crippen LogP contribution in [0.5, 0.6) is 5.75 Å². The van der Waals surface area contributed by atoms with Gasteiger partial charge in [0.2, 0.25) is 0 Å². The summed E-state index contributed by atoms with van der Waals surface area (Å²) in [5, 5.41) is 31.4. The van der Waals surface area contributed by atoms with Gasteiger partial charge in [0, 0.05) is 18.4 Å². The molecule has 3 aliphatic carbocycles. The summed E-state index contributed by atoms with van der Waals surface area (Å²) in [6.45, 7) is 2.05. The first kappa shape index (κ1) is 18.7. The quantitative estimate of drug-likeness (QED) is 0.854. The normalized spacial score (nSPS) is 42.6. The largest absolute Gasteiger partial charge is 0.497 e. The van der Waals surface area contributed by atoms with Crippen LogP contribution in [0.4, 0.5) is 0 Å². The van der Waals surface area contributed by atoms with Crippen LogP contribution in [0.15, 0.2) is 18.2 Å². The molecule has 0 radical (unpaired) electrons. The van der Waals surface area contributed by atoms with Gasteiger partial charge in [0.1, 0.15) is 11.4 Å². The van der Waals surface area contributed by atoms with Crippen LogP contribution in [0.1, 0.15) is 49.7 Å². The topological polar surface area (TPSA) is 82.7 Å². The third-order valence-electron chi connectivity index (χ3n) is 7.95. The van der Waals surface area contributed by atoms with Crippen LogP contribution in [0, 0.1) is 28.6 Å². The Kier molecular flexibility index (Phi) is 4.50. The molecule has 0 spiro atoms. The van der Waals surface area contributed by atoms with E-state index >= 15 is 0 Å². The summed E-state index contributed by atoms with van der Waals surface area (Å²) in [5.74, 6) is 1.63. The highest BCUT2D eigenvalue weighted by atomic mass is 16.5. The van der Waals surface area contributed by atoms with Crippen LogP contribution in [0.3, 0.4) is 0 Å². The molecule has 1 aromatic rings. The van der Waals surface area contributed by atoms with Crippen molar-refractivity contribution in [3.63, 3.8) is 0 Å². The van der Waals surface area contributed by atoms with E-state index in [0.717, 1.165) is 18.6 Å². The summed E-state index contributed by atoms with van der Waals surface area (Å²) in [6, 6.07) is 8.40. The number of aliphatic hydroxyl groups is 2. The van der Waals surface area contributed by atoms with Gasteiger partial charge in [0.25, 0.3) is 0 Å². The Hall–Kier alpha value is -1.61. The van der Waals surface area contributed by atoms with E-state index in [1.165, 1.54) is 11.1 Å². The molecule has 146 valence electrons. The van der Waals surface area contributed by atoms with Gasteiger partial charge in [-0.15, -0.1) is 0 Å². The fourth-order valence-electron chi connectivity index (χ4n) is 6.50. The number of nitrogens with zero attached hydrogens (tertiary/aromatic N) is 1. The van der Waals surface area contributed by atoms with E-state index < -0.39 is 17.1 Å². The lowest BCUT2D eigenvalue weighted by Gasteiger charge is -2.55. The molecule has 0 saturated heterocycles. The number of benzene rings is 1. The monoisotopic (exact) mass is 371 g/mol. The average molecular weight is 371 g/mol. The van der Waals surface area contributed by atoms with E-state index in [0.29, 0.717) is 18.8 Å². The number of aliphatic hydroxyl groups excluding tert-OH is 1. The van der Waals surface area contributed by atoms with Crippen molar-refractivity contribution in [3.8, 4) is 11.8 Å². The molecule has 5 heteroatoms. The maximum absolute atomic E-state index is 11.3. The lowest BCUT2D eigenvalue weighted by atomic mass is 9.52. The number of methoxy groups -OCH3 is 2. The van der Waals surface area contributed by atoms with Crippen LogP contribution in [-0.2, 0) is 11.2 Å². The molecule has 0 bridgehead atoms. The first-order valence-electron chi connectivity index (χ1n) is 9.86. The molecule has 4 rings (SSSR count). The van der Waals surface area contributed by atoms with Crippen molar-refractivity contribution in [2.24, 2.45) is 17.3 Å². The first-order valence-corrected chi connectivity index (χ1v) is 9.86.